The van der Waals surface area contributed by atoms with Crippen LogP contribution in [0.4, 0.5) is 0 Å². The lowest BCUT2D eigenvalue weighted by Gasteiger charge is -2.10. The maximum Gasteiger partial charge on any atom is 0.322 e. The van der Waals surface area contributed by atoms with Crippen LogP contribution in [0.5, 0.6) is 0 Å². The summed E-state index contributed by atoms with van der Waals surface area (Å²) in [5.74, 6) is -0.454. The summed E-state index contributed by atoms with van der Waals surface area (Å²) in [6.45, 7) is 2.63. The summed E-state index contributed by atoms with van der Waals surface area (Å²) in [7, 11) is 0. The lowest BCUT2D eigenvalue weighted by atomic mass is 10.2. The van der Waals surface area contributed by atoms with Gasteiger partial charge in [0.1, 0.15) is 6.04 Å². The fraction of sp³-hybridized carbons (Fsp3) is 0.750. The predicted molar refractivity (Wildman–Crippen MR) is 61.0 cm³/mol. The van der Waals surface area contributed by atoms with E-state index in [9.17, 15) is 4.79 Å². The minimum Gasteiger partial charge on any atom is -0.465 e. The normalized spacial score (nSPS) is 11.1. The van der Waals surface area contributed by atoms with Crippen molar-refractivity contribution >= 4 is 24.3 Å². The van der Waals surface area contributed by atoms with E-state index >= 15 is 0 Å². The first-order valence-corrected chi connectivity index (χ1v) is 4.58. The van der Waals surface area contributed by atoms with E-state index in [1.807, 2.05) is 0 Å². The summed E-state index contributed by atoms with van der Waals surface area (Å²) in [6, 6.07) is -0.580. The highest BCUT2D eigenvalue weighted by Crippen LogP contribution is 1.95. The van der Waals surface area contributed by atoms with Gasteiger partial charge in [-0.3, -0.25) is 10.2 Å². The molecule has 0 saturated carbocycles. The Morgan fingerprint density at radius 1 is 1.60 bits per heavy atom. The van der Waals surface area contributed by atoms with Crippen LogP contribution in [0.1, 0.15) is 19.8 Å². The van der Waals surface area contributed by atoms with Crippen molar-refractivity contribution in [3.05, 3.63) is 0 Å². The molecule has 6 nitrogen and oxygen atoms in total. The van der Waals surface area contributed by atoms with Gasteiger partial charge in [0.2, 0.25) is 0 Å². The molecule has 0 aromatic heterocycles. The van der Waals surface area contributed by atoms with E-state index in [0.717, 1.165) is 0 Å². The molecule has 7 heteroatoms. The first kappa shape index (κ1) is 16.4. The van der Waals surface area contributed by atoms with Gasteiger partial charge < -0.3 is 21.5 Å². The quantitative estimate of drug-likeness (QED) is 0.217. The third-order valence-corrected chi connectivity index (χ3v) is 1.60. The van der Waals surface area contributed by atoms with Gasteiger partial charge in [0.25, 0.3) is 0 Å². The molecule has 0 aliphatic carbocycles. The summed E-state index contributed by atoms with van der Waals surface area (Å²) in [5.41, 5.74) is 10.6. The van der Waals surface area contributed by atoms with Crippen LogP contribution in [0.2, 0.25) is 0 Å². The van der Waals surface area contributed by atoms with Gasteiger partial charge in [0, 0.05) is 6.54 Å². The second-order valence-corrected chi connectivity index (χ2v) is 2.84. The van der Waals surface area contributed by atoms with Gasteiger partial charge in [-0.25, -0.2) is 0 Å². The van der Waals surface area contributed by atoms with E-state index in [2.05, 4.69) is 5.32 Å². The van der Waals surface area contributed by atoms with Crippen LogP contribution in [-0.4, -0.2) is 31.1 Å². The highest BCUT2D eigenvalue weighted by molar-refractivity contribution is 5.85. The molecule has 0 spiro atoms. The molecule has 0 aromatic carbocycles. The lowest BCUT2D eigenvalue weighted by molar-refractivity contribution is -0.144. The fourth-order valence-electron chi connectivity index (χ4n) is 0.912. The molecule has 0 rings (SSSR count). The van der Waals surface area contributed by atoms with E-state index in [-0.39, 0.29) is 24.3 Å². The highest BCUT2D eigenvalue weighted by atomic mass is 35.5. The van der Waals surface area contributed by atoms with Crippen molar-refractivity contribution in [3.8, 4) is 0 Å². The summed E-state index contributed by atoms with van der Waals surface area (Å²) < 4.78 is 4.73. The predicted octanol–water partition coefficient (Wildman–Crippen LogP) is -0.438. The van der Waals surface area contributed by atoms with Gasteiger partial charge in [-0.1, -0.05) is 0 Å². The molecule has 1 unspecified atom stereocenters. The average molecular weight is 239 g/mol. The number of ether oxygens (including phenoxy) is 1. The first-order chi connectivity index (χ1) is 6.57. The number of hydrogen-bond acceptors (Lipinski definition) is 4. The average Bonchev–Trinajstić information content (AvgIpc) is 2.12. The molecule has 0 amide bonds. The molecule has 6 N–H and O–H groups in total. The molecular weight excluding hydrogens is 220 g/mol. The monoisotopic (exact) mass is 238 g/mol. The first-order valence-electron chi connectivity index (χ1n) is 4.58. The molecule has 90 valence electrons. The molecular formula is C8H19ClN4O2. The number of guanidine groups is 1. The number of halogens is 1. The van der Waals surface area contributed by atoms with E-state index in [1.165, 1.54) is 0 Å². The number of nitrogens with two attached hydrogens (primary N) is 2. The molecule has 0 saturated heterocycles. The van der Waals surface area contributed by atoms with Crippen molar-refractivity contribution in [2.24, 2.45) is 11.5 Å². The Balaban J connectivity index is 0. The number of carbonyl (C=O) groups excluding carboxylic acids is 1. The minimum atomic E-state index is -0.580. The number of nitrogens with one attached hydrogen (secondary N) is 2. The van der Waals surface area contributed by atoms with Crippen LogP contribution in [0.15, 0.2) is 0 Å². The van der Waals surface area contributed by atoms with E-state index in [1.54, 1.807) is 6.92 Å². The lowest BCUT2D eigenvalue weighted by Crippen LogP contribution is -2.35. The standard InChI is InChI=1S/C8H18N4O2.ClH/c1-2-14-7(13)6(9)4-3-5-12-8(10)11;/h6H,2-5,9H2,1H3,(H4,10,11,12);1H. The molecule has 0 fully saturated rings. The fourth-order valence-corrected chi connectivity index (χ4v) is 0.912. The van der Waals surface area contributed by atoms with Crippen LogP contribution in [0.25, 0.3) is 0 Å². The number of carbonyl (C=O) groups is 1. The van der Waals surface area contributed by atoms with Gasteiger partial charge in [0.05, 0.1) is 6.61 Å². The zero-order valence-electron chi connectivity index (χ0n) is 8.79. The van der Waals surface area contributed by atoms with Gasteiger partial charge in [-0.2, -0.15) is 0 Å². The Kier molecular flexibility index (Phi) is 10.4. The molecule has 0 radical (unpaired) electrons. The summed E-state index contributed by atoms with van der Waals surface area (Å²) in [6.07, 6.45) is 1.21. The SMILES string of the molecule is CCOC(=O)C(N)CCCNC(=N)N.Cl. The van der Waals surface area contributed by atoms with Crippen molar-refractivity contribution in [1.29, 1.82) is 5.41 Å². The Morgan fingerprint density at radius 2 is 2.20 bits per heavy atom. The van der Waals surface area contributed by atoms with Gasteiger partial charge >= 0.3 is 5.97 Å². The van der Waals surface area contributed by atoms with Crippen molar-refractivity contribution < 1.29 is 9.53 Å². The van der Waals surface area contributed by atoms with Crippen molar-refractivity contribution in [2.45, 2.75) is 25.8 Å². The van der Waals surface area contributed by atoms with E-state index < -0.39 is 6.04 Å². The zero-order chi connectivity index (χ0) is 11.0. The number of esters is 1. The maximum atomic E-state index is 11.0. The molecule has 1 atom stereocenters. The smallest absolute Gasteiger partial charge is 0.322 e. The van der Waals surface area contributed by atoms with Crippen LogP contribution >= 0.6 is 12.4 Å². The Morgan fingerprint density at radius 3 is 2.67 bits per heavy atom. The van der Waals surface area contributed by atoms with E-state index in [0.29, 0.717) is 26.0 Å². The summed E-state index contributed by atoms with van der Waals surface area (Å²) >= 11 is 0. The van der Waals surface area contributed by atoms with E-state index in [4.69, 9.17) is 21.6 Å². The molecule has 0 aliphatic rings. The van der Waals surface area contributed by atoms with Crippen LogP contribution < -0.4 is 16.8 Å². The molecule has 15 heavy (non-hydrogen) atoms. The van der Waals surface area contributed by atoms with Crippen molar-refractivity contribution in [2.75, 3.05) is 13.2 Å². The molecule has 0 heterocycles. The Hall–Kier alpha value is -1.01. The van der Waals surface area contributed by atoms with Crippen LogP contribution in [0, 0.1) is 5.41 Å². The van der Waals surface area contributed by atoms with Crippen LogP contribution in [0.3, 0.4) is 0 Å². The largest absolute Gasteiger partial charge is 0.465 e. The Labute approximate surface area is 95.6 Å². The van der Waals surface area contributed by atoms with Gasteiger partial charge in [0.15, 0.2) is 5.96 Å². The van der Waals surface area contributed by atoms with Crippen molar-refractivity contribution in [1.82, 2.24) is 5.32 Å². The van der Waals surface area contributed by atoms with Gasteiger partial charge in [-0.05, 0) is 19.8 Å². The van der Waals surface area contributed by atoms with Crippen molar-refractivity contribution in [3.63, 3.8) is 0 Å². The number of rotatable bonds is 6. The summed E-state index contributed by atoms with van der Waals surface area (Å²) in [4.78, 5) is 11.0. The van der Waals surface area contributed by atoms with Crippen LogP contribution in [-0.2, 0) is 9.53 Å². The molecule has 0 bridgehead atoms. The number of hydrogen-bond donors (Lipinski definition) is 4. The minimum absolute atomic E-state index is 0. The topological polar surface area (TPSA) is 114 Å². The second-order valence-electron chi connectivity index (χ2n) is 2.84. The third kappa shape index (κ3) is 9.30. The molecule has 0 aromatic rings. The summed E-state index contributed by atoms with van der Waals surface area (Å²) in [5, 5.41) is 9.50. The van der Waals surface area contributed by atoms with Gasteiger partial charge in [-0.15, -0.1) is 12.4 Å². The zero-order valence-corrected chi connectivity index (χ0v) is 9.60. The highest BCUT2D eigenvalue weighted by Gasteiger charge is 2.13. The molecule has 0 aliphatic heterocycles. The third-order valence-electron chi connectivity index (χ3n) is 1.60. The second kappa shape index (κ2) is 9.54. The Bertz CT molecular complexity index is 201. The maximum absolute atomic E-state index is 11.0.